The smallest absolute Gasteiger partial charge is 0.151 e. The van der Waals surface area contributed by atoms with Crippen molar-refractivity contribution in [3.05, 3.63) is 28.8 Å². The number of rotatable bonds is 4. The number of hydrogen-bond acceptors (Lipinski definition) is 2. The summed E-state index contributed by atoms with van der Waals surface area (Å²) in [6.45, 7) is 0. The van der Waals surface area contributed by atoms with Gasteiger partial charge in [0.2, 0.25) is 0 Å². The van der Waals surface area contributed by atoms with Gasteiger partial charge < -0.3 is 0 Å². The average Bonchev–Trinajstić information content (AvgIpc) is 2.79. The van der Waals surface area contributed by atoms with Crippen LogP contribution >= 0.6 is 23.4 Å². The second-order valence-electron chi connectivity index (χ2n) is 4.26. The van der Waals surface area contributed by atoms with Crippen LogP contribution in [0.3, 0.4) is 0 Å². The first kappa shape index (κ1) is 12.0. The molecule has 0 aliphatic heterocycles. The second-order valence-corrected chi connectivity index (χ2v) is 5.76. The van der Waals surface area contributed by atoms with Gasteiger partial charge in [0.15, 0.2) is 6.29 Å². The van der Waals surface area contributed by atoms with Gasteiger partial charge in [0.05, 0.1) is 5.02 Å². The average molecular weight is 255 g/mol. The van der Waals surface area contributed by atoms with Gasteiger partial charge in [-0.25, -0.2) is 0 Å². The highest BCUT2D eigenvalue weighted by molar-refractivity contribution is 7.99. The number of carbonyl (C=O) groups is 1. The van der Waals surface area contributed by atoms with Crippen LogP contribution in [0.25, 0.3) is 0 Å². The van der Waals surface area contributed by atoms with Crippen molar-refractivity contribution >= 4 is 29.6 Å². The lowest BCUT2D eigenvalue weighted by atomic mass is 10.1. The molecule has 0 spiro atoms. The lowest BCUT2D eigenvalue weighted by molar-refractivity contribution is 0.112. The Labute approximate surface area is 106 Å². The van der Waals surface area contributed by atoms with E-state index in [2.05, 4.69) is 0 Å². The van der Waals surface area contributed by atoms with Crippen molar-refractivity contribution in [3.8, 4) is 0 Å². The van der Waals surface area contributed by atoms with E-state index in [1.807, 2.05) is 23.9 Å². The number of halogens is 1. The number of benzene rings is 1. The van der Waals surface area contributed by atoms with Gasteiger partial charge in [-0.1, -0.05) is 24.4 Å². The summed E-state index contributed by atoms with van der Waals surface area (Å²) in [6, 6.07) is 5.67. The molecule has 1 aliphatic carbocycles. The highest BCUT2D eigenvalue weighted by Gasteiger charge is 2.15. The number of carbonyl (C=O) groups excluding carboxylic acids is 1. The van der Waals surface area contributed by atoms with Crippen molar-refractivity contribution in [2.24, 2.45) is 5.92 Å². The Bertz CT molecular complexity index is 372. The minimum absolute atomic E-state index is 0.562. The number of hydrogen-bond donors (Lipinski definition) is 0. The number of thioether (sulfide) groups is 1. The highest BCUT2D eigenvalue weighted by atomic mass is 35.5. The Kier molecular flexibility index (Phi) is 4.30. The Morgan fingerprint density at radius 3 is 2.75 bits per heavy atom. The Hall–Kier alpha value is -0.470. The normalized spacial score (nSPS) is 16.6. The molecule has 0 atom stereocenters. The monoisotopic (exact) mass is 254 g/mol. The van der Waals surface area contributed by atoms with Gasteiger partial charge in [0.25, 0.3) is 0 Å². The van der Waals surface area contributed by atoms with E-state index in [1.165, 1.54) is 36.3 Å². The van der Waals surface area contributed by atoms with E-state index in [1.54, 1.807) is 6.07 Å². The molecule has 0 radical (unpaired) electrons. The zero-order valence-corrected chi connectivity index (χ0v) is 10.7. The summed E-state index contributed by atoms with van der Waals surface area (Å²) in [6.07, 6.45) is 6.31. The molecule has 16 heavy (non-hydrogen) atoms. The molecule has 1 aromatic carbocycles. The van der Waals surface area contributed by atoms with Gasteiger partial charge in [-0.05, 0) is 37.0 Å². The summed E-state index contributed by atoms with van der Waals surface area (Å²) in [5.41, 5.74) is 0.576. The van der Waals surface area contributed by atoms with Crippen molar-refractivity contribution in [1.29, 1.82) is 0 Å². The van der Waals surface area contributed by atoms with Crippen LogP contribution in [0.5, 0.6) is 0 Å². The molecule has 1 fully saturated rings. The van der Waals surface area contributed by atoms with E-state index in [4.69, 9.17) is 11.6 Å². The molecule has 0 aromatic heterocycles. The lowest BCUT2D eigenvalue weighted by Crippen LogP contribution is -1.96. The van der Waals surface area contributed by atoms with Crippen LogP contribution in [0.4, 0.5) is 0 Å². The largest absolute Gasteiger partial charge is 0.298 e. The third-order valence-electron chi connectivity index (χ3n) is 3.06. The summed E-state index contributed by atoms with van der Waals surface area (Å²) in [5, 5.41) is 0.562. The molecular formula is C13H15ClOS. The summed E-state index contributed by atoms with van der Waals surface area (Å²) >= 11 is 7.83. The Morgan fingerprint density at radius 1 is 1.38 bits per heavy atom. The molecule has 86 valence electrons. The molecule has 1 nitrogen and oxygen atoms in total. The van der Waals surface area contributed by atoms with E-state index >= 15 is 0 Å². The van der Waals surface area contributed by atoms with Crippen molar-refractivity contribution in [2.45, 2.75) is 30.6 Å². The zero-order valence-electron chi connectivity index (χ0n) is 9.12. The van der Waals surface area contributed by atoms with E-state index < -0.39 is 0 Å². The standard InChI is InChI=1S/C13H15ClOS/c14-13-7-12(6-5-11(13)8-15)16-9-10-3-1-2-4-10/h5-8,10H,1-4,9H2. The van der Waals surface area contributed by atoms with Crippen LogP contribution in [0, 0.1) is 5.92 Å². The van der Waals surface area contributed by atoms with Crippen LogP contribution < -0.4 is 0 Å². The maximum absolute atomic E-state index is 10.6. The first-order valence-electron chi connectivity index (χ1n) is 5.67. The van der Waals surface area contributed by atoms with Crippen molar-refractivity contribution in [2.75, 3.05) is 5.75 Å². The van der Waals surface area contributed by atoms with Gasteiger partial charge >= 0.3 is 0 Å². The molecule has 0 saturated heterocycles. The van der Waals surface area contributed by atoms with E-state index in [0.29, 0.717) is 10.6 Å². The van der Waals surface area contributed by atoms with Gasteiger partial charge in [0.1, 0.15) is 0 Å². The van der Waals surface area contributed by atoms with Crippen LogP contribution in [0.2, 0.25) is 5.02 Å². The van der Waals surface area contributed by atoms with Crippen LogP contribution in [-0.2, 0) is 0 Å². The third-order valence-corrected chi connectivity index (χ3v) is 4.61. The predicted molar refractivity (Wildman–Crippen MR) is 69.5 cm³/mol. The van der Waals surface area contributed by atoms with Gasteiger partial charge in [0, 0.05) is 16.2 Å². The van der Waals surface area contributed by atoms with Crippen LogP contribution in [-0.4, -0.2) is 12.0 Å². The zero-order chi connectivity index (χ0) is 11.4. The van der Waals surface area contributed by atoms with Crippen molar-refractivity contribution in [1.82, 2.24) is 0 Å². The first-order chi connectivity index (χ1) is 7.79. The topological polar surface area (TPSA) is 17.1 Å². The molecule has 3 heteroatoms. The fourth-order valence-corrected chi connectivity index (χ4v) is 3.50. The molecule has 1 aliphatic rings. The number of aldehydes is 1. The predicted octanol–water partition coefficient (Wildman–Crippen LogP) is 4.43. The molecule has 0 bridgehead atoms. The maximum atomic E-state index is 10.6. The molecule has 1 aromatic rings. The molecule has 0 amide bonds. The Morgan fingerprint density at radius 2 is 2.12 bits per heavy atom. The van der Waals surface area contributed by atoms with E-state index in [9.17, 15) is 4.79 Å². The van der Waals surface area contributed by atoms with E-state index in [0.717, 1.165) is 12.2 Å². The lowest BCUT2D eigenvalue weighted by Gasteiger charge is -2.08. The molecule has 2 rings (SSSR count). The molecule has 0 unspecified atom stereocenters. The second kappa shape index (κ2) is 5.74. The molecule has 0 heterocycles. The van der Waals surface area contributed by atoms with Gasteiger partial charge in [-0.3, -0.25) is 4.79 Å². The van der Waals surface area contributed by atoms with Crippen LogP contribution in [0.15, 0.2) is 23.1 Å². The highest BCUT2D eigenvalue weighted by Crippen LogP contribution is 2.32. The molecular weight excluding hydrogens is 240 g/mol. The fraction of sp³-hybridized carbons (Fsp3) is 0.462. The van der Waals surface area contributed by atoms with Crippen LogP contribution in [0.1, 0.15) is 36.0 Å². The molecule has 0 N–H and O–H groups in total. The maximum Gasteiger partial charge on any atom is 0.151 e. The van der Waals surface area contributed by atoms with Crippen molar-refractivity contribution < 1.29 is 4.79 Å². The minimum Gasteiger partial charge on any atom is -0.298 e. The fourth-order valence-electron chi connectivity index (χ4n) is 2.08. The SMILES string of the molecule is O=Cc1ccc(SCC2CCCC2)cc1Cl. The Balaban J connectivity index is 1.93. The minimum atomic E-state index is 0.562. The van der Waals surface area contributed by atoms with Gasteiger partial charge in [-0.15, -0.1) is 11.8 Å². The van der Waals surface area contributed by atoms with Gasteiger partial charge in [-0.2, -0.15) is 0 Å². The summed E-state index contributed by atoms with van der Waals surface area (Å²) in [7, 11) is 0. The third kappa shape index (κ3) is 3.02. The molecule has 1 saturated carbocycles. The summed E-state index contributed by atoms with van der Waals surface area (Å²) < 4.78 is 0. The summed E-state index contributed by atoms with van der Waals surface area (Å²) in [4.78, 5) is 11.8. The summed E-state index contributed by atoms with van der Waals surface area (Å²) in [5.74, 6) is 2.05. The van der Waals surface area contributed by atoms with E-state index in [-0.39, 0.29) is 0 Å². The van der Waals surface area contributed by atoms with Crippen molar-refractivity contribution in [3.63, 3.8) is 0 Å². The quantitative estimate of drug-likeness (QED) is 0.584. The first-order valence-corrected chi connectivity index (χ1v) is 7.03.